The lowest BCUT2D eigenvalue weighted by molar-refractivity contribution is 0.217. The van der Waals surface area contributed by atoms with Crippen LogP contribution in [0.15, 0.2) is 12.2 Å². The van der Waals surface area contributed by atoms with Gasteiger partial charge in [-0.2, -0.15) is 0 Å². The third-order valence-corrected chi connectivity index (χ3v) is 1.61. The maximum Gasteiger partial charge on any atom is 0.210 e. The van der Waals surface area contributed by atoms with Crippen molar-refractivity contribution in [2.45, 2.75) is 19.3 Å². The average molecular weight is 114 g/mol. The van der Waals surface area contributed by atoms with Gasteiger partial charge in [0, 0.05) is 6.61 Å². The SMILES string of the molecule is [3H]OCC1CC=CCC1. The fourth-order valence-corrected chi connectivity index (χ4v) is 1.01. The van der Waals surface area contributed by atoms with Crippen LogP contribution in [0.3, 0.4) is 0 Å². The fraction of sp³-hybridized carbons (Fsp3) is 0.714. The van der Waals surface area contributed by atoms with Gasteiger partial charge in [0.1, 0.15) is 0 Å². The van der Waals surface area contributed by atoms with Gasteiger partial charge in [-0.1, -0.05) is 12.2 Å². The van der Waals surface area contributed by atoms with Crippen LogP contribution in [0, 0.1) is 5.92 Å². The Kier molecular flexibility index (Phi) is 1.64. The van der Waals surface area contributed by atoms with Gasteiger partial charge in [-0.3, -0.25) is 0 Å². The third kappa shape index (κ3) is 1.34. The summed E-state index contributed by atoms with van der Waals surface area (Å²) in [5.74, 6) is 0.604. The Balaban J connectivity index is 2.18. The highest BCUT2D eigenvalue weighted by molar-refractivity contribution is 4.89. The summed E-state index contributed by atoms with van der Waals surface area (Å²) in [6.07, 6.45) is 7.82. The predicted molar refractivity (Wildman–Crippen MR) is 33.6 cm³/mol. The van der Waals surface area contributed by atoms with Crippen molar-refractivity contribution in [1.29, 1.82) is 1.43 Å². The van der Waals surface area contributed by atoms with Crippen LogP contribution in [0.5, 0.6) is 0 Å². The molecule has 0 fully saturated rings. The van der Waals surface area contributed by atoms with E-state index in [9.17, 15) is 0 Å². The van der Waals surface area contributed by atoms with Gasteiger partial charge in [0.05, 0.1) is 0 Å². The minimum absolute atomic E-state index is 0.602. The van der Waals surface area contributed by atoms with E-state index < -0.39 is 0 Å². The maximum absolute atomic E-state index is 6.51. The van der Waals surface area contributed by atoms with Crippen LogP contribution in [-0.2, 0) is 0 Å². The number of hydrogen-bond acceptors (Lipinski definition) is 1. The number of allylic oxidation sites excluding steroid dienone is 2. The molecule has 1 aliphatic carbocycles. The van der Waals surface area contributed by atoms with Crippen molar-refractivity contribution in [1.82, 2.24) is 0 Å². The van der Waals surface area contributed by atoms with Gasteiger partial charge in [0.15, 0.2) is 0 Å². The van der Waals surface area contributed by atoms with E-state index >= 15 is 0 Å². The van der Waals surface area contributed by atoms with Gasteiger partial charge in [-0.25, -0.2) is 0 Å². The summed E-state index contributed by atoms with van der Waals surface area (Å²) in [6, 6.07) is 0. The highest BCUT2D eigenvalue weighted by atomic mass is 16.3. The molecule has 46 valence electrons. The molecule has 0 aromatic heterocycles. The summed E-state index contributed by atoms with van der Waals surface area (Å²) in [7, 11) is 0. The standard InChI is InChI=1S/C7H12O/c8-6-7-4-2-1-3-5-7/h1-2,7-8H,3-6H2/i8T. The molecule has 0 saturated carbocycles. The zero-order valence-corrected chi connectivity index (χ0v) is 4.97. The fourth-order valence-electron chi connectivity index (χ4n) is 1.01. The molecule has 1 nitrogen and oxygen atoms in total. The lowest BCUT2D eigenvalue weighted by Gasteiger charge is -2.13. The zero-order chi connectivity index (χ0) is 6.53. The molecule has 0 aromatic rings. The third-order valence-electron chi connectivity index (χ3n) is 1.61. The van der Waals surface area contributed by atoms with Crippen molar-refractivity contribution in [3.8, 4) is 0 Å². The Bertz CT molecular complexity index is 101. The number of rotatable bonds is 2. The Hall–Kier alpha value is -0.300. The Morgan fingerprint density at radius 2 is 2.75 bits per heavy atom. The topological polar surface area (TPSA) is 20.2 Å². The van der Waals surface area contributed by atoms with Gasteiger partial charge in [0.25, 0.3) is 0 Å². The summed E-state index contributed by atoms with van der Waals surface area (Å²) >= 11 is 0. The molecular formula is C7H12O. The minimum Gasteiger partial charge on any atom is -0.396 e. The maximum atomic E-state index is 6.51. The van der Waals surface area contributed by atoms with E-state index in [-0.39, 0.29) is 0 Å². The monoisotopic (exact) mass is 114 g/mol. The van der Waals surface area contributed by atoms with E-state index in [0.29, 0.717) is 12.5 Å². The Morgan fingerprint density at radius 3 is 3.38 bits per heavy atom. The van der Waals surface area contributed by atoms with Crippen LogP contribution < -0.4 is 0 Å². The van der Waals surface area contributed by atoms with Crippen molar-refractivity contribution in [2.24, 2.45) is 5.92 Å². The first-order chi connectivity index (χ1) is 4.43. The molecule has 1 aliphatic rings. The first-order valence-corrected chi connectivity index (χ1v) is 3.16. The van der Waals surface area contributed by atoms with Crippen LogP contribution in [0.2, 0.25) is 0 Å². The molecule has 0 spiro atoms. The summed E-state index contributed by atoms with van der Waals surface area (Å²) in [5, 5.41) is 4.30. The van der Waals surface area contributed by atoms with Gasteiger partial charge >= 0.3 is 0 Å². The number of aliphatic hydroxyl groups is 1. The lowest BCUT2D eigenvalue weighted by Crippen LogP contribution is -2.06. The summed E-state index contributed by atoms with van der Waals surface area (Å²) in [6.45, 7) is 0.602. The largest absolute Gasteiger partial charge is 0.396 e. The van der Waals surface area contributed by atoms with Gasteiger partial charge in [-0.05, 0) is 25.2 Å². The van der Waals surface area contributed by atoms with Crippen molar-refractivity contribution < 1.29 is 5.11 Å². The first-order valence-electron chi connectivity index (χ1n) is 3.57. The molecule has 1 rings (SSSR count). The second-order valence-corrected chi connectivity index (χ2v) is 2.32. The number of hydrogen-bond donors (Lipinski definition) is 1. The average Bonchev–Trinajstić information content (AvgIpc) is 1.91. The van der Waals surface area contributed by atoms with Crippen molar-refractivity contribution in [3.63, 3.8) is 0 Å². The van der Waals surface area contributed by atoms with Crippen LogP contribution in [0.4, 0.5) is 0 Å². The molecule has 0 aromatic carbocycles. The van der Waals surface area contributed by atoms with Crippen molar-refractivity contribution in [2.75, 3.05) is 6.61 Å². The molecule has 1 N–H and O–H groups in total. The molecule has 1 unspecified atom stereocenters. The van der Waals surface area contributed by atoms with E-state index in [1.165, 1.54) is 6.42 Å². The molecule has 0 heterocycles. The van der Waals surface area contributed by atoms with Gasteiger partial charge in [-0.15, -0.1) is 0 Å². The smallest absolute Gasteiger partial charge is 0.210 e. The van der Waals surface area contributed by atoms with Crippen LogP contribution >= 0.6 is 0 Å². The van der Waals surface area contributed by atoms with Crippen LogP contribution in [0.25, 0.3) is 0 Å². The second kappa shape index (κ2) is 2.88. The molecular weight excluding hydrogens is 100 g/mol. The van der Waals surface area contributed by atoms with Crippen LogP contribution in [0.1, 0.15) is 19.3 Å². The van der Waals surface area contributed by atoms with E-state index in [0.717, 1.165) is 12.8 Å². The molecule has 0 bridgehead atoms. The number of aliphatic hydroxyl groups excluding tert-OH is 1. The Morgan fingerprint density at radius 1 is 1.75 bits per heavy atom. The van der Waals surface area contributed by atoms with E-state index in [1.807, 2.05) is 0 Å². The van der Waals surface area contributed by atoms with Crippen LogP contribution in [-0.4, -0.2) is 13.1 Å². The predicted octanol–water partition coefficient (Wildman–Crippen LogP) is 1.33. The quantitative estimate of drug-likeness (QED) is 0.537. The minimum atomic E-state index is 0.602. The summed E-state index contributed by atoms with van der Waals surface area (Å²) in [5.41, 5.74) is 0. The van der Waals surface area contributed by atoms with E-state index in [2.05, 4.69) is 17.3 Å². The summed E-state index contributed by atoms with van der Waals surface area (Å²) < 4.78 is 6.51. The first kappa shape index (κ1) is 4.57. The molecule has 1 heteroatoms. The molecule has 0 radical (unpaired) electrons. The second-order valence-electron chi connectivity index (χ2n) is 2.32. The molecule has 0 aliphatic heterocycles. The lowest BCUT2D eigenvalue weighted by atomic mass is 9.96. The highest BCUT2D eigenvalue weighted by Gasteiger charge is 2.06. The zero-order valence-electron chi connectivity index (χ0n) is 5.97. The molecule has 0 saturated heterocycles. The van der Waals surface area contributed by atoms with Crippen molar-refractivity contribution in [3.05, 3.63) is 12.2 Å². The van der Waals surface area contributed by atoms with Gasteiger partial charge in [0.2, 0.25) is 1.43 Å². The highest BCUT2D eigenvalue weighted by Crippen LogP contribution is 2.16. The molecule has 1 atom stereocenters. The van der Waals surface area contributed by atoms with E-state index in [4.69, 9.17) is 1.43 Å². The normalized spacial score (nSPS) is 30.0. The van der Waals surface area contributed by atoms with Crippen molar-refractivity contribution >= 4 is 0 Å². The molecule has 0 amide bonds. The Labute approximate surface area is 51.5 Å². The molecule has 8 heavy (non-hydrogen) atoms. The van der Waals surface area contributed by atoms with E-state index in [1.54, 1.807) is 0 Å². The summed E-state index contributed by atoms with van der Waals surface area (Å²) in [4.78, 5) is 0. The van der Waals surface area contributed by atoms with Gasteiger partial charge < -0.3 is 5.11 Å².